The van der Waals surface area contributed by atoms with E-state index in [-0.39, 0.29) is 58.7 Å². The number of aromatic hydroxyl groups is 1. The van der Waals surface area contributed by atoms with E-state index < -0.39 is 5.79 Å². The van der Waals surface area contributed by atoms with Crippen LogP contribution in [-0.2, 0) is 23.5 Å². The van der Waals surface area contributed by atoms with Gasteiger partial charge in [-0.05, 0) is 50.1 Å². The van der Waals surface area contributed by atoms with Crippen LogP contribution < -0.4 is 15.5 Å². The van der Waals surface area contributed by atoms with Gasteiger partial charge in [0.25, 0.3) is 0 Å². The molecule has 0 aliphatic rings. The molecule has 0 aliphatic heterocycles. The third kappa shape index (κ3) is 7.93. The molecule has 0 saturated carbocycles. The number of benzene rings is 2. The van der Waals surface area contributed by atoms with E-state index in [0.29, 0.717) is 11.2 Å². The second-order valence-corrected chi connectivity index (χ2v) is 9.46. The van der Waals surface area contributed by atoms with Gasteiger partial charge in [-0.25, -0.2) is 0 Å². The third-order valence-electron chi connectivity index (χ3n) is 5.37. The van der Waals surface area contributed by atoms with E-state index >= 15 is 0 Å². The molecule has 0 spiro atoms. The van der Waals surface area contributed by atoms with Crippen molar-refractivity contribution in [1.82, 2.24) is 15.6 Å². The Morgan fingerprint density at radius 2 is 1.76 bits per heavy atom. The number of nitrogens with one attached hydrogen (secondary N) is 3. The summed E-state index contributed by atoms with van der Waals surface area (Å²) in [6.07, 6.45) is 0.718. The number of aromatic amines is 1. The molecule has 190 valence electrons. The maximum atomic E-state index is 11.7. The number of thiazole rings is 1. The number of phenols is 1. The molecule has 0 atom stereocenters. The largest absolute Gasteiger partial charge is 0.506 e. The Balaban J connectivity index is 0.00000289. The van der Waals surface area contributed by atoms with Crippen LogP contribution in [0.25, 0.3) is 10.2 Å². The van der Waals surface area contributed by atoms with Crippen LogP contribution in [-0.4, -0.2) is 52.6 Å². The van der Waals surface area contributed by atoms with Gasteiger partial charge < -0.3 is 35.7 Å². The monoisotopic (exact) mass is 533 g/mol. The van der Waals surface area contributed by atoms with Crippen molar-refractivity contribution in [2.24, 2.45) is 0 Å². The quantitative estimate of drug-likeness (QED) is 0.165. The minimum Gasteiger partial charge on any atom is -0.506 e. The molecule has 0 bridgehead atoms. The normalized spacial score (nSPS) is 11.8. The molecule has 3 rings (SSSR count). The molecule has 2 aromatic carbocycles. The summed E-state index contributed by atoms with van der Waals surface area (Å²) in [5.41, 5.74) is 2.47. The van der Waals surface area contributed by atoms with Gasteiger partial charge in [0.2, 0.25) is 5.79 Å². The van der Waals surface area contributed by atoms with Gasteiger partial charge in [-0.2, -0.15) is 0 Å². The topological polar surface area (TPSA) is 127 Å². The Bertz CT molecular complexity index is 1120. The van der Waals surface area contributed by atoms with Crippen molar-refractivity contribution in [3.63, 3.8) is 0 Å². The van der Waals surface area contributed by atoms with Crippen LogP contribution in [0.5, 0.6) is 5.75 Å². The van der Waals surface area contributed by atoms with E-state index in [4.69, 9.17) is 4.74 Å². The summed E-state index contributed by atoms with van der Waals surface area (Å²) in [6, 6.07) is 11.0. The summed E-state index contributed by atoms with van der Waals surface area (Å²) in [6.45, 7) is 5.97. The fourth-order valence-corrected chi connectivity index (χ4v) is 4.34. The molecule has 1 heterocycles. The van der Waals surface area contributed by atoms with Gasteiger partial charge in [-0.3, -0.25) is 4.79 Å². The van der Waals surface area contributed by atoms with Gasteiger partial charge in [0, 0.05) is 25.8 Å². The Labute approximate surface area is 215 Å². The molecular formula is C23H33Cl2N3O5S. The van der Waals surface area contributed by atoms with Crippen molar-refractivity contribution in [1.29, 1.82) is 0 Å². The van der Waals surface area contributed by atoms with Crippen molar-refractivity contribution in [3.8, 4) is 5.75 Å². The molecule has 3 aromatic rings. The second kappa shape index (κ2) is 12.9. The van der Waals surface area contributed by atoms with E-state index in [1.807, 2.05) is 26.0 Å². The van der Waals surface area contributed by atoms with Gasteiger partial charge in [-0.15, -0.1) is 24.8 Å². The lowest BCUT2D eigenvalue weighted by molar-refractivity contribution is -0.164. The first kappa shape index (κ1) is 30.3. The molecule has 0 unspecified atom stereocenters. The number of halogens is 2. The summed E-state index contributed by atoms with van der Waals surface area (Å²) in [5, 5.41) is 37.5. The van der Waals surface area contributed by atoms with E-state index in [9.17, 15) is 20.1 Å². The van der Waals surface area contributed by atoms with E-state index in [1.165, 1.54) is 17.7 Å². The number of aliphatic hydroxyl groups is 2. The molecule has 34 heavy (non-hydrogen) atoms. The summed E-state index contributed by atoms with van der Waals surface area (Å²) in [5.74, 6) is -2.29. The van der Waals surface area contributed by atoms with Gasteiger partial charge in [0.15, 0.2) is 0 Å². The average Bonchev–Trinajstić information content (AvgIpc) is 3.13. The first-order chi connectivity index (χ1) is 15.1. The highest BCUT2D eigenvalue weighted by Gasteiger charge is 2.29. The standard InChI is InChI=1S/C23H31N3O5S.2ClH/c1-22(2,31-3)13-25-12-16-6-4-5-15(11-16)9-10-24-14-23(29,30)17-7-8-18(27)19-20(17)32-21(28)26-19;;/h4-8,11,24-25,27,29-30H,9-10,12-14H2,1-3H3,(H,26,28);2*1H. The predicted octanol–water partition coefficient (Wildman–Crippen LogP) is 2.62. The summed E-state index contributed by atoms with van der Waals surface area (Å²) >= 11 is 0.834. The van der Waals surface area contributed by atoms with E-state index in [1.54, 1.807) is 7.11 Å². The van der Waals surface area contributed by atoms with Gasteiger partial charge in [-0.1, -0.05) is 35.6 Å². The molecule has 0 saturated heterocycles. The van der Waals surface area contributed by atoms with Crippen LogP contribution in [0.4, 0.5) is 0 Å². The van der Waals surface area contributed by atoms with Crippen molar-refractivity contribution < 1.29 is 20.1 Å². The van der Waals surface area contributed by atoms with Gasteiger partial charge in [0.05, 0.1) is 16.8 Å². The Morgan fingerprint density at radius 3 is 2.47 bits per heavy atom. The molecule has 6 N–H and O–H groups in total. The zero-order valence-electron chi connectivity index (χ0n) is 19.4. The maximum absolute atomic E-state index is 11.7. The van der Waals surface area contributed by atoms with Crippen molar-refractivity contribution >= 4 is 46.4 Å². The number of phenolic OH excluding ortho intramolecular Hbond substituents is 1. The predicted molar refractivity (Wildman–Crippen MR) is 141 cm³/mol. The summed E-state index contributed by atoms with van der Waals surface area (Å²) < 4.78 is 5.75. The van der Waals surface area contributed by atoms with Crippen LogP contribution >= 0.6 is 36.2 Å². The molecule has 1 aromatic heterocycles. The first-order valence-electron chi connectivity index (χ1n) is 10.5. The Kier molecular flexibility index (Phi) is 11.5. The fraction of sp³-hybridized carbons (Fsp3) is 0.435. The maximum Gasteiger partial charge on any atom is 0.305 e. The lowest BCUT2D eigenvalue weighted by Crippen LogP contribution is -2.38. The highest BCUT2D eigenvalue weighted by Crippen LogP contribution is 2.32. The highest BCUT2D eigenvalue weighted by molar-refractivity contribution is 7.16. The summed E-state index contributed by atoms with van der Waals surface area (Å²) in [7, 11) is 1.70. The zero-order valence-corrected chi connectivity index (χ0v) is 21.8. The number of aromatic nitrogens is 1. The fourth-order valence-electron chi connectivity index (χ4n) is 3.40. The number of fused-ring (bicyclic) bond motifs is 1. The van der Waals surface area contributed by atoms with Crippen LogP contribution in [0.1, 0.15) is 30.5 Å². The molecule has 11 heteroatoms. The van der Waals surface area contributed by atoms with Crippen LogP contribution in [0.2, 0.25) is 0 Å². The highest BCUT2D eigenvalue weighted by atomic mass is 35.5. The minimum absolute atomic E-state index is 0. The van der Waals surface area contributed by atoms with Crippen LogP contribution in [0.3, 0.4) is 0 Å². The number of hydrogen-bond acceptors (Lipinski definition) is 8. The lowest BCUT2D eigenvalue weighted by atomic mass is 10.0. The summed E-state index contributed by atoms with van der Waals surface area (Å²) in [4.78, 5) is 13.8. The Morgan fingerprint density at radius 1 is 1.06 bits per heavy atom. The van der Waals surface area contributed by atoms with E-state index in [2.05, 4.69) is 27.8 Å². The van der Waals surface area contributed by atoms with Crippen molar-refractivity contribution in [3.05, 3.63) is 62.8 Å². The lowest BCUT2D eigenvalue weighted by Gasteiger charge is -2.23. The third-order valence-corrected chi connectivity index (χ3v) is 6.29. The van der Waals surface area contributed by atoms with Crippen LogP contribution in [0, 0.1) is 0 Å². The first-order valence-corrected chi connectivity index (χ1v) is 11.3. The minimum atomic E-state index is -2.18. The van der Waals surface area contributed by atoms with Crippen LogP contribution in [0.15, 0.2) is 41.2 Å². The zero-order chi connectivity index (χ0) is 23.4. The molecule has 8 nitrogen and oxygen atoms in total. The molecule has 0 fully saturated rings. The average molecular weight is 535 g/mol. The number of ether oxygens (including phenoxy) is 1. The van der Waals surface area contributed by atoms with Gasteiger partial charge in [0.1, 0.15) is 11.3 Å². The van der Waals surface area contributed by atoms with Gasteiger partial charge >= 0.3 is 4.87 Å². The second-order valence-electron chi connectivity index (χ2n) is 8.48. The number of H-pyrrole nitrogens is 1. The molecule has 0 amide bonds. The smallest absolute Gasteiger partial charge is 0.305 e. The number of rotatable bonds is 11. The van der Waals surface area contributed by atoms with E-state index in [0.717, 1.165) is 36.4 Å². The number of hydrogen-bond donors (Lipinski definition) is 6. The SMILES string of the molecule is COC(C)(C)CNCc1cccc(CCNCC(O)(O)c2ccc(O)c3[nH]c(=O)sc23)c1.Cl.Cl. The Hall–Kier alpha value is -1.69. The molecule has 0 aliphatic carbocycles. The molecular weight excluding hydrogens is 501 g/mol. The molecule has 0 radical (unpaired) electrons. The van der Waals surface area contributed by atoms with Crippen molar-refractivity contribution in [2.45, 2.75) is 38.2 Å². The number of methoxy groups -OCH3 is 1. The van der Waals surface area contributed by atoms with Crippen molar-refractivity contribution in [2.75, 3.05) is 26.7 Å².